The standard InChI is InChI=1S/C35H36ClF2N9O3/c36-23-10-24-21(13-40-43-24)26-20(23)4-1-5-25-44-45-31(50-25)35(48)15-33(16-35)6-2-8-46(17-33)30-22-12-39-29(26)27(38)28(22)41-32(42-30)49-18-34-7-3-9-47(34)14-19(37)11-34/h10,12-13,19,48H,1-9,11,14-18H2,(H,40,43)/t19-,33?,34+,35?/m1/s1. The minimum Gasteiger partial charge on any atom is -0.461 e. The highest BCUT2D eigenvalue weighted by Crippen LogP contribution is 2.58. The molecule has 12 nitrogen and oxygen atoms in total. The van der Waals surface area contributed by atoms with Crippen molar-refractivity contribution in [2.45, 2.75) is 81.5 Å². The Labute approximate surface area is 290 Å². The van der Waals surface area contributed by atoms with Gasteiger partial charge >= 0.3 is 6.01 Å². The van der Waals surface area contributed by atoms with Crippen molar-refractivity contribution in [3.8, 4) is 17.3 Å². The van der Waals surface area contributed by atoms with Gasteiger partial charge < -0.3 is 19.2 Å². The number of pyridine rings is 1. The smallest absolute Gasteiger partial charge is 0.319 e. The van der Waals surface area contributed by atoms with Crippen LogP contribution in [-0.4, -0.2) is 89.8 Å². The third-order valence-electron chi connectivity index (χ3n) is 11.9. The highest BCUT2D eigenvalue weighted by atomic mass is 35.5. The van der Waals surface area contributed by atoms with Gasteiger partial charge in [-0.3, -0.25) is 15.0 Å². The van der Waals surface area contributed by atoms with Crippen LogP contribution in [-0.2, 0) is 18.4 Å². The third-order valence-corrected chi connectivity index (χ3v) is 12.2. The fraction of sp³-hybridized carbons (Fsp3) is 0.543. The van der Waals surface area contributed by atoms with Crippen molar-refractivity contribution in [1.29, 1.82) is 0 Å². The van der Waals surface area contributed by atoms with Crippen molar-refractivity contribution >= 4 is 39.2 Å². The Morgan fingerprint density at radius 3 is 2.86 bits per heavy atom. The highest BCUT2D eigenvalue weighted by Gasteiger charge is 2.59. The molecule has 10 heterocycles. The average molecular weight is 704 g/mol. The molecule has 260 valence electrons. The highest BCUT2D eigenvalue weighted by molar-refractivity contribution is 6.33. The summed E-state index contributed by atoms with van der Waals surface area (Å²) in [4.78, 5) is 18.7. The predicted octanol–water partition coefficient (Wildman–Crippen LogP) is 5.46. The van der Waals surface area contributed by atoms with Crippen LogP contribution in [0, 0.1) is 11.2 Å². The monoisotopic (exact) mass is 703 g/mol. The number of alkyl halides is 1. The number of aromatic amines is 1. The van der Waals surface area contributed by atoms with Crippen LogP contribution in [0.5, 0.6) is 6.01 Å². The Balaban J connectivity index is 1.14. The van der Waals surface area contributed by atoms with Crippen molar-refractivity contribution in [2.24, 2.45) is 5.41 Å². The van der Waals surface area contributed by atoms with Gasteiger partial charge in [-0.15, -0.1) is 10.2 Å². The first-order valence-electron chi connectivity index (χ1n) is 17.5. The number of rotatable bonds is 3. The summed E-state index contributed by atoms with van der Waals surface area (Å²) in [6.07, 6.45) is 8.77. The Morgan fingerprint density at radius 1 is 1.08 bits per heavy atom. The van der Waals surface area contributed by atoms with Gasteiger partial charge in [0.25, 0.3) is 0 Å². The van der Waals surface area contributed by atoms with Crippen LogP contribution in [0.3, 0.4) is 0 Å². The van der Waals surface area contributed by atoms with E-state index in [1.54, 1.807) is 18.5 Å². The number of hydrogen-bond donors (Lipinski definition) is 2. The van der Waals surface area contributed by atoms with Gasteiger partial charge in [-0.2, -0.15) is 15.1 Å². The van der Waals surface area contributed by atoms with Crippen LogP contribution in [0.1, 0.15) is 68.7 Å². The maximum atomic E-state index is 17.2. The number of benzene rings is 1. The van der Waals surface area contributed by atoms with E-state index < -0.39 is 23.1 Å². The Hall–Kier alpha value is -4.01. The molecule has 2 atom stereocenters. The minimum absolute atomic E-state index is 0.0457. The summed E-state index contributed by atoms with van der Waals surface area (Å²) in [6, 6.07) is 1.83. The van der Waals surface area contributed by atoms with Gasteiger partial charge in [-0.05, 0) is 75.0 Å². The number of nitrogens with one attached hydrogen (secondary N) is 1. The van der Waals surface area contributed by atoms with Crippen LogP contribution in [0.25, 0.3) is 33.1 Å². The molecular weight excluding hydrogens is 668 g/mol. The molecule has 0 radical (unpaired) electrons. The summed E-state index contributed by atoms with van der Waals surface area (Å²) in [5, 5.41) is 28.9. The van der Waals surface area contributed by atoms with E-state index in [0.717, 1.165) is 32.2 Å². The number of fused-ring (bicyclic) bond motifs is 2. The topological polar surface area (TPSA) is 142 Å². The molecule has 3 saturated heterocycles. The lowest BCUT2D eigenvalue weighted by atomic mass is 9.56. The summed E-state index contributed by atoms with van der Waals surface area (Å²) < 4.78 is 44.2. The lowest BCUT2D eigenvalue weighted by molar-refractivity contribution is -0.154. The molecule has 7 aliphatic rings. The molecule has 6 aliphatic heterocycles. The molecule has 15 heteroatoms. The number of aliphatic hydroxyl groups is 1. The first-order valence-corrected chi connectivity index (χ1v) is 17.9. The first-order chi connectivity index (χ1) is 24.2. The van der Waals surface area contributed by atoms with Gasteiger partial charge in [-0.25, -0.2) is 8.78 Å². The summed E-state index contributed by atoms with van der Waals surface area (Å²) >= 11 is 6.89. The van der Waals surface area contributed by atoms with Crippen molar-refractivity contribution in [1.82, 2.24) is 40.2 Å². The molecule has 1 aliphatic carbocycles. The minimum atomic E-state index is -1.21. The van der Waals surface area contributed by atoms with E-state index in [0.29, 0.717) is 102 Å². The summed E-state index contributed by atoms with van der Waals surface area (Å²) in [7, 11) is 0. The Kier molecular flexibility index (Phi) is 6.77. The quantitative estimate of drug-likeness (QED) is 0.248. The normalized spacial score (nSPS) is 29.3. The van der Waals surface area contributed by atoms with Gasteiger partial charge in [0.05, 0.1) is 22.6 Å². The van der Waals surface area contributed by atoms with Crippen molar-refractivity contribution in [2.75, 3.05) is 37.7 Å². The molecule has 2 N–H and O–H groups in total. The first kappa shape index (κ1) is 30.8. The van der Waals surface area contributed by atoms with Crippen LogP contribution < -0.4 is 9.64 Å². The number of aryl methyl sites for hydroxylation is 1. The van der Waals surface area contributed by atoms with Gasteiger partial charge in [0, 0.05) is 54.6 Å². The van der Waals surface area contributed by atoms with E-state index in [4.69, 9.17) is 35.7 Å². The largest absolute Gasteiger partial charge is 0.461 e. The van der Waals surface area contributed by atoms with Crippen molar-refractivity contribution in [3.05, 3.63) is 46.6 Å². The van der Waals surface area contributed by atoms with Gasteiger partial charge in [-0.1, -0.05) is 11.6 Å². The fourth-order valence-corrected chi connectivity index (χ4v) is 10.0. The summed E-state index contributed by atoms with van der Waals surface area (Å²) in [5.41, 5.74) is 0.233. The molecule has 50 heavy (non-hydrogen) atoms. The number of hydrogen-bond acceptors (Lipinski definition) is 11. The van der Waals surface area contributed by atoms with E-state index in [-0.39, 0.29) is 35.1 Å². The molecule has 0 amide bonds. The zero-order valence-electron chi connectivity index (χ0n) is 27.4. The second-order valence-electron chi connectivity index (χ2n) is 15.2. The third kappa shape index (κ3) is 4.67. The van der Waals surface area contributed by atoms with Crippen LogP contribution in [0.4, 0.5) is 14.6 Å². The van der Waals surface area contributed by atoms with Crippen molar-refractivity contribution in [3.63, 3.8) is 0 Å². The Morgan fingerprint density at radius 2 is 1.96 bits per heavy atom. The number of anilines is 1. The van der Waals surface area contributed by atoms with E-state index in [1.807, 2.05) is 0 Å². The number of piperidine rings is 1. The molecule has 1 aromatic carbocycles. The molecular formula is C35H36ClF2N9O3. The maximum absolute atomic E-state index is 17.2. The van der Waals surface area contributed by atoms with Crippen LogP contribution >= 0.6 is 11.6 Å². The summed E-state index contributed by atoms with van der Waals surface area (Å²) in [6.45, 7) is 2.70. The number of halogens is 3. The molecule has 0 unspecified atom stereocenters. The van der Waals surface area contributed by atoms with Crippen molar-refractivity contribution < 1.29 is 23.0 Å². The molecule has 9 bridgehead atoms. The maximum Gasteiger partial charge on any atom is 0.319 e. The number of H-pyrrole nitrogens is 1. The number of ether oxygens (including phenoxy) is 1. The lowest BCUT2D eigenvalue weighted by Gasteiger charge is -2.55. The van der Waals surface area contributed by atoms with Gasteiger partial charge in [0.1, 0.15) is 35.4 Å². The molecule has 1 spiro atoms. The second kappa shape index (κ2) is 11.0. The summed E-state index contributed by atoms with van der Waals surface area (Å²) in [5.74, 6) is 0.594. The SMILES string of the molecule is OC12CC3(CCCN(C3)c3nc(OC[C@@]45CCCN4C[C@H](F)C5)nc4c(F)c(ncc34)-c3c(c(Cl)cc4[nH]ncc34)CCCc3nnc1o3)C2. The van der Waals surface area contributed by atoms with Gasteiger partial charge in [0.2, 0.25) is 11.8 Å². The number of nitrogens with zero attached hydrogens (tertiary/aromatic N) is 8. The fourth-order valence-electron chi connectivity index (χ4n) is 9.74. The molecule has 4 fully saturated rings. The van der Waals surface area contributed by atoms with E-state index in [2.05, 4.69) is 30.2 Å². The Bertz CT molecular complexity index is 2170. The molecule has 5 aromatic rings. The molecule has 1 saturated carbocycles. The van der Waals surface area contributed by atoms with Crippen LogP contribution in [0.15, 0.2) is 22.9 Å². The average Bonchev–Trinajstić information content (AvgIpc) is 3.88. The van der Waals surface area contributed by atoms with E-state index >= 15 is 4.39 Å². The molecule has 4 aromatic heterocycles. The second-order valence-corrected chi connectivity index (χ2v) is 15.6. The number of aromatic nitrogens is 7. The van der Waals surface area contributed by atoms with E-state index in [9.17, 15) is 9.50 Å². The molecule has 12 rings (SSSR count). The predicted molar refractivity (Wildman–Crippen MR) is 179 cm³/mol. The van der Waals surface area contributed by atoms with E-state index in [1.165, 1.54) is 0 Å². The zero-order chi connectivity index (χ0) is 33.8. The van der Waals surface area contributed by atoms with Gasteiger partial charge in [0.15, 0.2) is 5.82 Å². The van der Waals surface area contributed by atoms with Crippen LogP contribution in [0.2, 0.25) is 5.02 Å². The zero-order valence-corrected chi connectivity index (χ0v) is 28.1. The lowest BCUT2D eigenvalue weighted by Crippen LogP contribution is -2.57.